The van der Waals surface area contributed by atoms with Crippen LogP contribution in [0.15, 0.2) is 54.7 Å². The number of hydrogen-bond donors (Lipinski definition) is 3. The first-order valence-electron chi connectivity index (χ1n) is 12.4. The lowest BCUT2D eigenvalue weighted by Crippen LogP contribution is -2.26. The molecule has 0 bridgehead atoms. The molecule has 202 valence electrons. The van der Waals surface area contributed by atoms with Crippen molar-refractivity contribution >= 4 is 17.6 Å². The predicted octanol–water partition coefficient (Wildman–Crippen LogP) is 6.79. The van der Waals surface area contributed by atoms with Crippen LogP contribution in [0.3, 0.4) is 0 Å². The van der Waals surface area contributed by atoms with Crippen molar-refractivity contribution in [2.24, 2.45) is 5.92 Å². The Morgan fingerprint density at radius 1 is 1.00 bits per heavy atom. The molecule has 1 heterocycles. The highest BCUT2D eigenvalue weighted by atomic mass is 19.4. The lowest BCUT2D eigenvalue weighted by molar-refractivity contribution is -0.138. The number of nitrogens with one attached hydrogen (secondary N) is 2. The number of benzene rings is 2. The van der Waals surface area contributed by atoms with E-state index in [1.807, 2.05) is 26.0 Å². The molecular weight excluding hydrogens is 495 g/mol. The summed E-state index contributed by atoms with van der Waals surface area (Å²) in [7, 11) is 0. The number of amides is 1. The zero-order valence-electron chi connectivity index (χ0n) is 21.8. The summed E-state index contributed by atoms with van der Waals surface area (Å²) in [6.07, 6.45) is -2.28. The molecule has 0 fully saturated rings. The standard InChI is InChI=1S/C29H32F3N3O3/c1-17(2)13-25(24-10-7-21(16-34-24)28(38)33-12-11-26(36)37)35-23-14-18(3)27(19(4)15-23)20-5-8-22(9-6-20)29(30,31)32/h5-10,14-17,25,35H,11-13H2,1-4H3,(H,33,38)(H,36,37). The zero-order chi connectivity index (χ0) is 28.0. The summed E-state index contributed by atoms with van der Waals surface area (Å²) in [5, 5.41) is 14.8. The van der Waals surface area contributed by atoms with E-state index in [1.165, 1.54) is 18.3 Å². The molecule has 38 heavy (non-hydrogen) atoms. The van der Waals surface area contributed by atoms with Gasteiger partial charge in [-0.1, -0.05) is 26.0 Å². The van der Waals surface area contributed by atoms with Crippen molar-refractivity contribution in [2.75, 3.05) is 11.9 Å². The summed E-state index contributed by atoms with van der Waals surface area (Å²) in [6.45, 7) is 8.10. The lowest BCUT2D eigenvalue weighted by Gasteiger charge is -2.23. The summed E-state index contributed by atoms with van der Waals surface area (Å²) in [4.78, 5) is 27.4. The summed E-state index contributed by atoms with van der Waals surface area (Å²) >= 11 is 0. The maximum absolute atomic E-state index is 13.0. The van der Waals surface area contributed by atoms with Gasteiger partial charge in [-0.2, -0.15) is 13.2 Å². The van der Waals surface area contributed by atoms with Gasteiger partial charge < -0.3 is 15.7 Å². The molecule has 0 radical (unpaired) electrons. The molecule has 0 saturated heterocycles. The highest BCUT2D eigenvalue weighted by molar-refractivity contribution is 5.94. The van der Waals surface area contributed by atoms with Gasteiger partial charge in [0.1, 0.15) is 0 Å². The molecule has 6 nitrogen and oxygen atoms in total. The average Bonchev–Trinajstić information content (AvgIpc) is 2.82. The molecule has 3 N–H and O–H groups in total. The van der Waals surface area contributed by atoms with E-state index < -0.39 is 17.7 Å². The fraction of sp³-hybridized carbons (Fsp3) is 0.345. The number of alkyl halides is 3. The second-order valence-corrected chi connectivity index (χ2v) is 9.76. The van der Waals surface area contributed by atoms with Crippen molar-refractivity contribution in [2.45, 2.75) is 52.8 Å². The number of aromatic nitrogens is 1. The predicted molar refractivity (Wildman–Crippen MR) is 141 cm³/mol. The molecule has 1 unspecified atom stereocenters. The molecule has 2 aromatic carbocycles. The molecule has 1 aromatic heterocycles. The molecule has 9 heteroatoms. The van der Waals surface area contributed by atoms with Gasteiger partial charge >= 0.3 is 12.1 Å². The van der Waals surface area contributed by atoms with Gasteiger partial charge in [0.25, 0.3) is 5.91 Å². The third-order valence-electron chi connectivity index (χ3n) is 6.11. The van der Waals surface area contributed by atoms with E-state index in [1.54, 1.807) is 12.1 Å². The quantitative estimate of drug-likeness (QED) is 0.270. The Bertz CT molecular complexity index is 1250. The lowest BCUT2D eigenvalue weighted by atomic mass is 9.93. The van der Waals surface area contributed by atoms with E-state index in [-0.39, 0.29) is 24.9 Å². The van der Waals surface area contributed by atoms with Gasteiger partial charge in [0, 0.05) is 18.4 Å². The van der Waals surface area contributed by atoms with Gasteiger partial charge in [0.05, 0.1) is 29.3 Å². The molecule has 3 rings (SSSR count). The van der Waals surface area contributed by atoms with Crippen LogP contribution in [0.4, 0.5) is 18.9 Å². The number of pyridine rings is 1. The summed E-state index contributed by atoms with van der Waals surface area (Å²) in [6, 6.07) is 12.4. The molecule has 0 aliphatic heterocycles. The van der Waals surface area contributed by atoms with Crippen LogP contribution in [0.5, 0.6) is 0 Å². The minimum Gasteiger partial charge on any atom is -0.481 e. The maximum Gasteiger partial charge on any atom is 0.416 e. The van der Waals surface area contributed by atoms with Gasteiger partial charge in [0.15, 0.2) is 0 Å². The summed E-state index contributed by atoms with van der Waals surface area (Å²) in [5.41, 5.74) is 4.74. The largest absolute Gasteiger partial charge is 0.481 e. The number of carbonyl (C=O) groups excluding carboxylic acids is 1. The van der Waals surface area contributed by atoms with Crippen molar-refractivity contribution in [3.05, 3.63) is 82.7 Å². The second-order valence-electron chi connectivity index (χ2n) is 9.76. The van der Waals surface area contributed by atoms with E-state index in [4.69, 9.17) is 5.11 Å². The van der Waals surface area contributed by atoms with E-state index >= 15 is 0 Å². The number of hydrogen-bond acceptors (Lipinski definition) is 4. The third-order valence-corrected chi connectivity index (χ3v) is 6.11. The monoisotopic (exact) mass is 527 g/mol. The molecule has 3 aromatic rings. The maximum atomic E-state index is 13.0. The minimum absolute atomic E-state index is 0.0363. The topological polar surface area (TPSA) is 91.3 Å². The first-order valence-corrected chi connectivity index (χ1v) is 12.4. The van der Waals surface area contributed by atoms with Gasteiger partial charge in [-0.25, -0.2) is 0 Å². The average molecular weight is 528 g/mol. The normalized spacial score (nSPS) is 12.3. The second kappa shape index (κ2) is 12.1. The van der Waals surface area contributed by atoms with Crippen molar-refractivity contribution in [3.63, 3.8) is 0 Å². The van der Waals surface area contributed by atoms with Crippen molar-refractivity contribution in [1.29, 1.82) is 0 Å². The van der Waals surface area contributed by atoms with E-state index in [2.05, 4.69) is 29.5 Å². The SMILES string of the molecule is Cc1cc(NC(CC(C)C)c2ccc(C(=O)NCCC(=O)O)cn2)cc(C)c1-c1ccc(C(F)(F)F)cc1. The molecule has 0 spiro atoms. The first-order chi connectivity index (χ1) is 17.8. The van der Waals surface area contributed by atoms with Gasteiger partial charge in [-0.3, -0.25) is 14.6 Å². The third kappa shape index (κ3) is 7.57. The molecule has 0 saturated carbocycles. The highest BCUT2D eigenvalue weighted by Gasteiger charge is 2.30. The number of carboxylic acids is 1. The van der Waals surface area contributed by atoms with Crippen molar-refractivity contribution < 1.29 is 27.9 Å². The number of carboxylic acid groups (broad SMARTS) is 1. The number of halogens is 3. The van der Waals surface area contributed by atoms with Gasteiger partial charge in [0.2, 0.25) is 0 Å². The number of carbonyl (C=O) groups is 2. The molecular formula is C29H32F3N3O3. The minimum atomic E-state index is -4.38. The van der Waals surface area contributed by atoms with Crippen LogP contribution in [0.25, 0.3) is 11.1 Å². The van der Waals surface area contributed by atoms with Crippen LogP contribution in [0.2, 0.25) is 0 Å². The Morgan fingerprint density at radius 3 is 2.13 bits per heavy atom. The van der Waals surface area contributed by atoms with Crippen LogP contribution in [-0.2, 0) is 11.0 Å². The van der Waals surface area contributed by atoms with Crippen LogP contribution in [0, 0.1) is 19.8 Å². The number of anilines is 1. The Morgan fingerprint density at radius 2 is 1.63 bits per heavy atom. The van der Waals surface area contributed by atoms with Crippen molar-refractivity contribution in [3.8, 4) is 11.1 Å². The molecule has 0 aliphatic carbocycles. The van der Waals surface area contributed by atoms with Crippen LogP contribution >= 0.6 is 0 Å². The summed E-state index contributed by atoms with van der Waals surface area (Å²) < 4.78 is 38.9. The molecule has 1 atom stereocenters. The number of aliphatic carboxylic acids is 1. The Balaban J connectivity index is 1.80. The number of aryl methyl sites for hydroxylation is 2. The van der Waals surface area contributed by atoms with E-state index in [9.17, 15) is 22.8 Å². The van der Waals surface area contributed by atoms with E-state index in [0.29, 0.717) is 11.5 Å². The summed E-state index contributed by atoms with van der Waals surface area (Å²) in [5.74, 6) is -1.02. The fourth-order valence-corrected chi connectivity index (χ4v) is 4.39. The fourth-order valence-electron chi connectivity index (χ4n) is 4.39. The van der Waals surface area contributed by atoms with Crippen LogP contribution < -0.4 is 10.6 Å². The Labute approximate surface area is 220 Å². The Kier molecular flexibility index (Phi) is 9.14. The Hall–Kier alpha value is -3.88. The zero-order valence-corrected chi connectivity index (χ0v) is 21.8. The molecule has 0 aliphatic rings. The smallest absolute Gasteiger partial charge is 0.416 e. The van der Waals surface area contributed by atoms with Gasteiger partial charge in [-0.15, -0.1) is 0 Å². The van der Waals surface area contributed by atoms with Gasteiger partial charge in [-0.05, 0) is 84.8 Å². The first kappa shape index (κ1) is 28.7. The van der Waals surface area contributed by atoms with Crippen molar-refractivity contribution in [1.82, 2.24) is 10.3 Å². The highest BCUT2D eigenvalue weighted by Crippen LogP contribution is 2.35. The molecule has 1 amide bonds. The van der Waals surface area contributed by atoms with Crippen LogP contribution in [0.1, 0.15) is 65.5 Å². The number of rotatable bonds is 10. The van der Waals surface area contributed by atoms with E-state index in [0.717, 1.165) is 52.2 Å². The number of nitrogens with zero attached hydrogens (tertiary/aromatic N) is 1. The van der Waals surface area contributed by atoms with Crippen LogP contribution in [-0.4, -0.2) is 28.5 Å².